The Bertz CT molecular complexity index is 563. The fourth-order valence-electron chi connectivity index (χ4n) is 1.74. The molecular weight excluding hydrogens is 297 g/mol. The molecule has 0 spiro atoms. The van der Waals surface area contributed by atoms with Gasteiger partial charge in [-0.2, -0.15) is 23.7 Å². The van der Waals surface area contributed by atoms with Gasteiger partial charge in [-0.05, 0) is 42.8 Å². The number of allylic oxidation sites excluding steroid dienone is 2. The molecule has 0 amide bonds. The lowest BCUT2D eigenvalue weighted by atomic mass is 9.81. The molecule has 0 atom stereocenters. The first kappa shape index (κ1) is 17.1. The van der Waals surface area contributed by atoms with E-state index in [0.717, 1.165) is 0 Å². The summed E-state index contributed by atoms with van der Waals surface area (Å²) >= 11 is -0.188. The molecule has 0 unspecified atom stereocenters. The van der Waals surface area contributed by atoms with Crippen molar-refractivity contribution in [3.05, 3.63) is 42.0 Å². The lowest BCUT2D eigenvalue weighted by Crippen LogP contribution is -2.18. The van der Waals surface area contributed by atoms with Crippen LogP contribution in [-0.2, 0) is 6.42 Å². The van der Waals surface area contributed by atoms with E-state index >= 15 is 0 Å². The minimum Gasteiger partial charge on any atom is -0.197 e. The molecular formula is C15H13F3N2S. The van der Waals surface area contributed by atoms with Crippen LogP contribution in [0.1, 0.15) is 18.9 Å². The van der Waals surface area contributed by atoms with Gasteiger partial charge in [0.05, 0.1) is 12.1 Å². The molecule has 0 aliphatic carbocycles. The van der Waals surface area contributed by atoms with Crippen LogP contribution in [-0.4, -0.2) is 5.51 Å². The predicted molar refractivity (Wildman–Crippen MR) is 75.1 cm³/mol. The summed E-state index contributed by atoms with van der Waals surface area (Å²) in [6.45, 7) is 1.79. The third kappa shape index (κ3) is 5.53. The first-order valence-electron chi connectivity index (χ1n) is 6.12. The van der Waals surface area contributed by atoms with Crippen LogP contribution in [0, 0.1) is 28.1 Å². The minimum absolute atomic E-state index is 0.0826. The Balaban J connectivity index is 2.87. The third-order valence-corrected chi connectivity index (χ3v) is 3.53. The molecule has 0 bridgehead atoms. The van der Waals surface area contributed by atoms with E-state index in [4.69, 9.17) is 0 Å². The Morgan fingerprint density at radius 2 is 1.71 bits per heavy atom. The fourth-order valence-corrected chi connectivity index (χ4v) is 2.28. The summed E-state index contributed by atoms with van der Waals surface area (Å²) in [7, 11) is 0. The van der Waals surface area contributed by atoms with Crippen LogP contribution in [0.3, 0.4) is 0 Å². The lowest BCUT2D eigenvalue weighted by Gasteiger charge is -2.16. The SMILES string of the molecule is CC=CCC(C#N)(C#N)Cc1ccc(SC(F)(F)F)cc1. The molecule has 0 radical (unpaired) electrons. The Morgan fingerprint density at radius 3 is 2.14 bits per heavy atom. The number of rotatable bonds is 5. The summed E-state index contributed by atoms with van der Waals surface area (Å²) in [5.74, 6) is 0. The predicted octanol–water partition coefficient (Wildman–Crippen LogP) is 4.84. The van der Waals surface area contributed by atoms with Crippen molar-refractivity contribution >= 4 is 11.8 Å². The quantitative estimate of drug-likeness (QED) is 0.577. The maximum Gasteiger partial charge on any atom is 0.446 e. The summed E-state index contributed by atoms with van der Waals surface area (Å²) in [5.41, 5.74) is -4.85. The van der Waals surface area contributed by atoms with Gasteiger partial charge in [0.2, 0.25) is 0 Å². The fraction of sp³-hybridized carbons (Fsp3) is 0.333. The van der Waals surface area contributed by atoms with Gasteiger partial charge in [0.15, 0.2) is 5.41 Å². The number of hydrogen-bond donors (Lipinski definition) is 0. The van der Waals surface area contributed by atoms with Crippen LogP contribution in [0.25, 0.3) is 0 Å². The van der Waals surface area contributed by atoms with Crippen molar-refractivity contribution in [3.8, 4) is 12.1 Å². The van der Waals surface area contributed by atoms with Crippen LogP contribution in [0.4, 0.5) is 13.2 Å². The van der Waals surface area contributed by atoms with E-state index in [1.807, 2.05) is 12.1 Å². The maximum absolute atomic E-state index is 12.2. The monoisotopic (exact) mass is 310 g/mol. The van der Waals surface area contributed by atoms with Gasteiger partial charge in [-0.25, -0.2) is 0 Å². The Kier molecular flexibility index (Phi) is 5.87. The van der Waals surface area contributed by atoms with Gasteiger partial charge in [0, 0.05) is 11.3 Å². The number of alkyl halides is 3. The highest BCUT2D eigenvalue weighted by Gasteiger charge is 2.30. The molecule has 0 N–H and O–H groups in total. The number of nitrogens with zero attached hydrogens (tertiary/aromatic N) is 2. The highest BCUT2D eigenvalue weighted by Crippen LogP contribution is 2.37. The molecule has 0 heterocycles. The van der Waals surface area contributed by atoms with Gasteiger partial charge >= 0.3 is 5.51 Å². The zero-order chi connectivity index (χ0) is 15.9. The number of thioether (sulfide) groups is 1. The largest absolute Gasteiger partial charge is 0.446 e. The highest BCUT2D eigenvalue weighted by atomic mass is 32.2. The first-order chi connectivity index (χ1) is 9.84. The second-order valence-corrected chi connectivity index (χ2v) is 5.59. The van der Waals surface area contributed by atoms with E-state index < -0.39 is 10.9 Å². The van der Waals surface area contributed by atoms with E-state index in [-0.39, 0.29) is 29.5 Å². The van der Waals surface area contributed by atoms with Crippen molar-refractivity contribution in [2.24, 2.45) is 5.41 Å². The van der Waals surface area contributed by atoms with Crippen molar-refractivity contribution in [2.45, 2.75) is 30.2 Å². The molecule has 0 aliphatic rings. The number of halogens is 3. The van der Waals surface area contributed by atoms with E-state index in [9.17, 15) is 23.7 Å². The van der Waals surface area contributed by atoms with Gasteiger partial charge in [-0.3, -0.25) is 0 Å². The molecule has 1 rings (SSSR count). The van der Waals surface area contributed by atoms with Gasteiger partial charge in [-0.1, -0.05) is 24.3 Å². The van der Waals surface area contributed by atoms with Crippen molar-refractivity contribution in [1.29, 1.82) is 10.5 Å². The number of hydrogen-bond acceptors (Lipinski definition) is 3. The summed E-state index contributed by atoms with van der Waals surface area (Å²) in [4.78, 5) is 0.0826. The van der Waals surface area contributed by atoms with E-state index in [1.54, 1.807) is 19.1 Å². The Hall–Kier alpha value is -1.92. The summed E-state index contributed by atoms with van der Waals surface area (Å²) in [6, 6.07) is 9.75. The molecule has 0 aromatic heterocycles. The number of benzene rings is 1. The molecule has 0 saturated carbocycles. The molecule has 1 aromatic rings. The van der Waals surface area contributed by atoms with Crippen LogP contribution >= 0.6 is 11.8 Å². The Morgan fingerprint density at radius 1 is 1.14 bits per heavy atom. The molecule has 0 fully saturated rings. The van der Waals surface area contributed by atoms with Gasteiger partial charge in [-0.15, -0.1) is 0 Å². The van der Waals surface area contributed by atoms with Crippen molar-refractivity contribution in [1.82, 2.24) is 0 Å². The Labute approximate surface area is 125 Å². The third-order valence-electron chi connectivity index (χ3n) is 2.79. The van der Waals surface area contributed by atoms with Crippen LogP contribution in [0.2, 0.25) is 0 Å². The maximum atomic E-state index is 12.2. The van der Waals surface area contributed by atoms with Gasteiger partial charge in [0.25, 0.3) is 0 Å². The molecule has 1 aromatic carbocycles. The topological polar surface area (TPSA) is 47.6 Å². The standard InChI is InChI=1S/C15H13F3N2S/c1-2-3-8-14(10-19,11-20)9-12-4-6-13(7-5-12)21-15(16,17)18/h2-7H,8-9H2,1H3. The minimum atomic E-state index is -4.32. The molecule has 0 aliphatic heterocycles. The highest BCUT2D eigenvalue weighted by molar-refractivity contribution is 8.00. The summed E-state index contributed by atoms with van der Waals surface area (Å²) in [5, 5.41) is 18.4. The first-order valence-corrected chi connectivity index (χ1v) is 6.94. The molecule has 6 heteroatoms. The number of nitriles is 2. The molecule has 21 heavy (non-hydrogen) atoms. The summed E-state index contributed by atoms with van der Waals surface area (Å²) in [6.07, 6.45) is 3.96. The average molecular weight is 310 g/mol. The van der Waals surface area contributed by atoms with Crippen molar-refractivity contribution in [3.63, 3.8) is 0 Å². The average Bonchev–Trinajstić information content (AvgIpc) is 2.44. The zero-order valence-electron chi connectivity index (χ0n) is 11.3. The van der Waals surface area contributed by atoms with Crippen LogP contribution in [0.5, 0.6) is 0 Å². The van der Waals surface area contributed by atoms with E-state index in [1.165, 1.54) is 24.3 Å². The second kappa shape index (κ2) is 7.19. The zero-order valence-corrected chi connectivity index (χ0v) is 12.1. The molecule has 0 saturated heterocycles. The molecule has 2 nitrogen and oxygen atoms in total. The smallest absolute Gasteiger partial charge is 0.197 e. The second-order valence-electron chi connectivity index (χ2n) is 4.45. The van der Waals surface area contributed by atoms with Crippen LogP contribution in [0.15, 0.2) is 41.3 Å². The van der Waals surface area contributed by atoms with Crippen LogP contribution < -0.4 is 0 Å². The van der Waals surface area contributed by atoms with E-state index in [0.29, 0.717) is 5.56 Å². The molecule has 110 valence electrons. The van der Waals surface area contributed by atoms with Gasteiger partial charge in [0.1, 0.15) is 0 Å². The van der Waals surface area contributed by atoms with E-state index in [2.05, 4.69) is 0 Å². The van der Waals surface area contributed by atoms with Gasteiger partial charge < -0.3 is 0 Å². The summed E-state index contributed by atoms with van der Waals surface area (Å²) < 4.78 is 36.7. The normalized spacial score (nSPS) is 12.1. The lowest BCUT2D eigenvalue weighted by molar-refractivity contribution is -0.0328. The van der Waals surface area contributed by atoms with Crippen molar-refractivity contribution < 1.29 is 13.2 Å². The van der Waals surface area contributed by atoms with Crippen molar-refractivity contribution in [2.75, 3.05) is 0 Å².